The number of amides is 2. The number of hydrogen-bond donors (Lipinski definition) is 4. The van der Waals surface area contributed by atoms with Gasteiger partial charge >= 0.3 is 16.4 Å². The summed E-state index contributed by atoms with van der Waals surface area (Å²) in [7, 11) is -4.40. The molecule has 0 aliphatic rings. The smallest absolute Gasteiger partial charge is 0.407 e. The summed E-state index contributed by atoms with van der Waals surface area (Å²) in [6, 6.07) is 5.85. The lowest BCUT2D eigenvalue weighted by atomic mass is 9.97. The molecule has 0 spiro atoms. The summed E-state index contributed by atoms with van der Waals surface area (Å²) in [5.74, 6) is -1.08. The van der Waals surface area contributed by atoms with Crippen LogP contribution in [0.25, 0.3) is 0 Å². The van der Waals surface area contributed by atoms with Gasteiger partial charge in [-0.25, -0.2) is 4.79 Å². The predicted molar refractivity (Wildman–Crippen MR) is 108 cm³/mol. The number of hydrogen-bond acceptors (Lipinski definition) is 6. The molecule has 0 unspecified atom stereocenters. The summed E-state index contributed by atoms with van der Waals surface area (Å²) in [5.41, 5.74) is -0.00896. The Hall–Kier alpha value is -2.37. The molecule has 1 aromatic rings. The highest BCUT2D eigenvalue weighted by atomic mass is 32.2. The van der Waals surface area contributed by atoms with Crippen LogP contribution in [0, 0.1) is 0 Å². The van der Waals surface area contributed by atoms with Crippen LogP contribution >= 0.6 is 0 Å². The number of alkyl carbamates (subject to hydrolysis) is 1. The first kappa shape index (κ1) is 24.7. The quantitative estimate of drug-likeness (QED) is 0.326. The minimum Gasteiger partial charge on any atom is -0.444 e. The van der Waals surface area contributed by atoms with E-state index in [9.17, 15) is 18.0 Å². The van der Waals surface area contributed by atoms with Gasteiger partial charge in [-0.1, -0.05) is 12.1 Å². The van der Waals surface area contributed by atoms with Gasteiger partial charge in [0.1, 0.15) is 5.60 Å². The zero-order chi connectivity index (χ0) is 22.1. The Bertz CT molecular complexity index is 774. The topological polar surface area (TPSA) is 143 Å². The lowest BCUT2D eigenvalue weighted by Crippen LogP contribution is -2.40. The van der Waals surface area contributed by atoms with Crippen molar-refractivity contribution >= 4 is 28.0 Å². The first-order valence-electron chi connectivity index (χ1n) is 9.09. The molecule has 164 valence electrons. The zero-order valence-electron chi connectivity index (χ0n) is 17.0. The predicted octanol–water partition coefficient (Wildman–Crippen LogP) is 1.66. The van der Waals surface area contributed by atoms with E-state index in [0.29, 0.717) is 25.3 Å². The second-order valence-electron chi connectivity index (χ2n) is 7.12. The van der Waals surface area contributed by atoms with Gasteiger partial charge in [0.15, 0.2) is 0 Å². The van der Waals surface area contributed by atoms with Crippen LogP contribution in [0.5, 0.6) is 0 Å². The number of ether oxygens (including phenoxy) is 2. The van der Waals surface area contributed by atoms with Crippen molar-refractivity contribution in [2.75, 3.05) is 31.0 Å². The number of carbonyl (C=O) groups excluding carboxylic acids is 2. The van der Waals surface area contributed by atoms with E-state index in [2.05, 4.69) is 10.6 Å². The molecule has 4 N–H and O–H groups in total. The molecule has 0 radical (unpaired) electrons. The number of benzene rings is 1. The van der Waals surface area contributed by atoms with Crippen LogP contribution in [0.15, 0.2) is 24.3 Å². The highest BCUT2D eigenvalue weighted by molar-refractivity contribution is 7.87. The molecule has 0 saturated heterocycles. The Morgan fingerprint density at radius 3 is 2.28 bits per heavy atom. The Kier molecular flexibility index (Phi) is 9.34. The molecule has 0 aromatic heterocycles. The van der Waals surface area contributed by atoms with Crippen LogP contribution in [0.1, 0.15) is 39.2 Å². The molecule has 11 heteroatoms. The molecule has 0 bridgehead atoms. The summed E-state index contributed by atoms with van der Waals surface area (Å²) < 4.78 is 42.9. The van der Waals surface area contributed by atoms with Crippen LogP contribution in [0.2, 0.25) is 0 Å². The lowest BCUT2D eigenvalue weighted by Gasteiger charge is -2.22. The maximum absolute atomic E-state index is 12.6. The standard InChI is InChI=1S/C18H29N3O7S/c1-5-27-11-10-19-16(22)15(12-20-17(23)28-18(2,3)4)13-6-8-14(9-7-13)21-29(24,25)26/h6-9,15,21H,5,10-12H2,1-4H3,(H,19,22)(H,20,23)(H,24,25,26)/t15-/m0/s1. The van der Waals surface area contributed by atoms with Crippen LogP contribution in [-0.4, -0.2) is 56.9 Å². The summed E-state index contributed by atoms with van der Waals surface area (Å²) >= 11 is 0. The van der Waals surface area contributed by atoms with E-state index in [1.54, 1.807) is 20.8 Å². The van der Waals surface area contributed by atoms with E-state index in [4.69, 9.17) is 14.0 Å². The molecule has 0 aliphatic heterocycles. The summed E-state index contributed by atoms with van der Waals surface area (Å²) in [5, 5.41) is 5.30. The van der Waals surface area contributed by atoms with Gasteiger partial charge in [-0.2, -0.15) is 8.42 Å². The van der Waals surface area contributed by atoms with Gasteiger partial charge in [-0.3, -0.25) is 14.1 Å². The number of rotatable bonds is 10. The molecule has 1 aromatic carbocycles. The normalized spacial score (nSPS) is 12.7. The second-order valence-corrected chi connectivity index (χ2v) is 8.28. The van der Waals surface area contributed by atoms with Crippen LogP contribution in [0.3, 0.4) is 0 Å². The Morgan fingerprint density at radius 2 is 1.76 bits per heavy atom. The van der Waals surface area contributed by atoms with Crippen molar-refractivity contribution in [2.45, 2.75) is 39.2 Å². The minimum absolute atomic E-state index is 0.0273. The monoisotopic (exact) mass is 431 g/mol. The average Bonchev–Trinajstić information content (AvgIpc) is 2.57. The summed E-state index contributed by atoms with van der Waals surface area (Å²) in [6.45, 7) is 8.19. The Labute approximate surface area is 171 Å². The second kappa shape index (κ2) is 11.0. The third-order valence-electron chi connectivity index (χ3n) is 3.48. The average molecular weight is 432 g/mol. The van der Waals surface area contributed by atoms with Gasteiger partial charge in [0.25, 0.3) is 0 Å². The Balaban J connectivity index is 2.88. The van der Waals surface area contributed by atoms with Crippen LogP contribution < -0.4 is 15.4 Å². The van der Waals surface area contributed by atoms with Gasteiger partial charge in [-0.15, -0.1) is 0 Å². The van der Waals surface area contributed by atoms with Crippen molar-refractivity contribution in [2.24, 2.45) is 0 Å². The molecular weight excluding hydrogens is 402 g/mol. The van der Waals surface area contributed by atoms with E-state index < -0.39 is 27.9 Å². The first-order chi connectivity index (χ1) is 13.4. The van der Waals surface area contributed by atoms with E-state index in [-0.39, 0.29) is 18.1 Å². The van der Waals surface area contributed by atoms with E-state index in [1.165, 1.54) is 24.3 Å². The van der Waals surface area contributed by atoms with E-state index in [1.807, 2.05) is 11.6 Å². The van der Waals surface area contributed by atoms with Crippen molar-refractivity contribution in [1.29, 1.82) is 0 Å². The highest BCUT2D eigenvalue weighted by Gasteiger charge is 2.23. The largest absolute Gasteiger partial charge is 0.444 e. The van der Waals surface area contributed by atoms with Gasteiger partial charge in [-0.05, 0) is 45.4 Å². The maximum atomic E-state index is 12.6. The molecule has 0 saturated carbocycles. The van der Waals surface area contributed by atoms with Crippen molar-refractivity contribution in [3.8, 4) is 0 Å². The maximum Gasteiger partial charge on any atom is 0.407 e. The van der Waals surface area contributed by atoms with Gasteiger partial charge in [0.2, 0.25) is 5.91 Å². The summed E-state index contributed by atoms with van der Waals surface area (Å²) in [4.78, 5) is 24.5. The molecular formula is C18H29N3O7S. The lowest BCUT2D eigenvalue weighted by molar-refractivity contribution is -0.122. The molecule has 2 amide bonds. The SMILES string of the molecule is CCOCCNC(=O)[C@@H](CNC(=O)OC(C)(C)C)c1ccc(NS(=O)(=O)O)cc1. The van der Waals surface area contributed by atoms with Crippen molar-refractivity contribution in [1.82, 2.24) is 10.6 Å². The number of nitrogens with one attached hydrogen (secondary N) is 3. The third-order valence-corrected chi connectivity index (χ3v) is 3.97. The van der Waals surface area contributed by atoms with Crippen molar-refractivity contribution < 1.29 is 32.0 Å². The molecule has 1 rings (SSSR count). The zero-order valence-corrected chi connectivity index (χ0v) is 17.8. The minimum atomic E-state index is -4.40. The van der Waals surface area contributed by atoms with Gasteiger partial charge in [0.05, 0.1) is 18.2 Å². The molecule has 0 aliphatic carbocycles. The Morgan fingerprint density at radius 1 is 1.14 bits per heavy atom. The fourth-order valence-electron chi connectivity index (χ4n) is 2.31. The summed E-state index contributed by atoms with van der Waals surface area (Å²) in [6.07, 6.45) is -0.658. The van der Waals surface area contributed by atoms with E-state index >= 15 is 0 Å². The first-order valence-corrected chi connectivity index (χ1v) is 10.5. The highest BCUT2D eigenvalue weighted by Crippen LogP contribution is 2.19. The number of carbonyl (C=O) groups is 2. The molecule has 0 fully saturated rings. The van der Waals surface area contributed by atoms with Gasteiger partial charge in [0, 0.05) is 19.7 Å². The van der Waals surface area contributed by atoms with Gasteiger partial charge < -0.3 is 20.1 Å². The third kappa shape index (κ3) is 10.7. The molecule has 10 nitrogen and oxygen atoms in total. The van der Waals surface area contributed by atoms with Crippen molar-refractivity contribution in [3.05, 3.63) is 29.8 Å². The molecule has 1 atom stereocenters. The fourth-order valence-corrected chi connectivity index (χ4v) is 2.74. The van der Waals surface area contributed by atoms with E-state index in [0.717, 1.165) is 0 Å². The van der Waals surface area contributed by atoms with Crippen molar-refractivity contribution in [3.63, 3.8) is 0 Å². The fraction of sp³-hybridized carbons (Fsp3) is 0.556. The van der Waals surface area contributed by atoms with Crippen LogP contribution in [0.4, 0.5) is 10.5 Å². The molecule has 29 heavy (non-hydrogen) atoms. The number of anilines is 1. The van der Waals surface area contributed by atoms with Crippen LogP contribution in [-0.2, 0) is 24.6 Å². The molecule has 0 heterocycles.